The Morgan fingerprint density at radius 3 is 2.89 bits per heavy atom. The maximum absolute atomic E-state index is 3.76. The van der Waals surface area contributed by atoms with Gasteiger partial charge < -0.3 is 5.32 Å². The summed E-state index contributed by atoms with van der Waals surface area (Å²) in [5.41, 5.74) is 3.02. The van der Waals surface area contributed by atoms with Crippen LogP contribution in [0.2, 0.25) is 0 Å². The van der Waals surface area contributed by atoms with Gasteiger partial charge in [0, 0.05) is 17.8 Å². The Bertz CT molecular complexity index is 400. The highest BCUT2D eigenvalue weighted by Crippen LogP contribution is 2.40. The average molecular weight is 261 g/mol. The molecule has 18 heavy (non-hydrogen) atoms. The number of hydrogen-bond donors (Lipinski definition) is 1. The first-order valence-corrected chi connectivity index (χ1v) is 8.50. The third-order valence-electron chi connectivity index (χ3n) is 4.32. The van der Waals surface area contributed by atoms with Crippen molar-refractivity contribution in [3.8, 4) is 0 Å². The van der Waals surface area contributed by atoms with Crippen molar-refractivity contribution in [2.24, 2.45) is 0 Å². The zero-order chi connectivity index (χ0) is 12.4. The maximum atomic E-state index is 3.76. The molecule has 2 atom stereocenters. The molecule has 0 bridgehead atoms. The molecule has 1 N–H and O–H groups in total. The lowest BCUT2D eigenvalue weighted by Crippen LogP contribution is -2.33. The van der Waals surface area contributed by atoms with Gasteiger partial charge in [0.1, 0.15) is 0 Å². The molecule has 0 radical (unpaired) electrons. The summed E-state index contributed by atoms with van der Waals surface area (Å²) >= 11 is 2.03. The molecule has 0 heterocycles. The van der Waals surface area contributed by atoms with E-state index in [4.69, 9.17) is 0 Å². The molecule has 1 nitrogen and oxygen atoms in total. The molecule has 2 fully saturated rings. The summed E-state index contributed by atoms with van der Waals surface area (Å²) in [7, 11) is 0. The zero-order valence-electron chi connectivity index (χ0n) is 11.2. The molecule has 3 rings (SSSR count). The summed E-state index contributed by atoms with van der Waals surface area (Å²) in [5.74, 6) is 0.871. The SMILES string of the molecule is CSC1CCCC1NCc1cccc(C2CC2)c1. The highest BCUT2D eigenvalue weighted by atomic mass is 32.2. The summed E-state index contributed by atoms with van der Waals surface area (Å²) in [5, 5.41) is 4.59. The number of nitrogens with one attached hydrogen (secondary N) is 1. The molecule has 2 heteroatoms. The van der Waals surface area contributed by atoms with Crippen molar-refractivity contribution in [1.29, 1.82) is 0 Å². The number of benzene rings is 1. The fraction of sp³-hybridized carbons (Fsp3) is 0.625. The molecule has 0 aliphatic heterocycles. The van der Waals surface area contributed by atoms with Crippen LogP contribution in [0.15, 0.2) is 24.3 Å². The molecule has 0 saturated heterocycles. The van der Waals surface area contributed by atoms with Gasteiger partial charge in [-0.1, -0.05) is 30.7 Å². The van der Waals surface area contributed by atoms with E-state index in [1.807, 2.05) is 11.8 Å². The van der Waals surface area contributed by atoms with Crippen molar-refractivity contribution in [2.75, 3.05) is 6.26 Å². The summed E-state index contributed by atoms with van der Waals surface area (Å²) in [4.78, 5) is 0. The summed E-state index contributed by atoms with van der Waals surface area (Å²) in [6, 6.07) is 9.92. The van der Waals surface area contributed by atoms with Gasteiger partial charge in [-0.05, 0) is 49.0 Å². The predicted octanol–water partition coefficient (Wildman–Crippen LogP) is 3.94. The Labute approximate surface area is 115 Å². The second kappa shape index (κ2) is 5.66. The maximum Gasteiger partial charge on any atom is 0.0208 e. The fourth-order valence-corrected chi connectivity index (χ4v) is 4.03. The third kappa shape index (κ3) is 2.92. The summed E-state index contributed by atoms with van der Waals surface area (Å²) in [6.07, 6.45) is 9.18. The van der Waals surface area contributed by atoms with E-state index >= 15 is 0 Å². The Kier molecular flexibility index (Phi) is 3.95. The van der Waals surface area contributed by atoms with E-state index in [-0.39, 0.29) is 0 Å². The van der Waals surface area contributed by atoms with Crippen LogP contribution in [-0.2, 0) is 6.54 Å². The van der Waals surface area contributed by atoms with Gasteiger partial charge in [0.15, 0.2) is 0 Å². The van der Waals surface area contributed by atoms with Gasteiger partial charge in [-0.2, -0.15) is 11.8 Å². The van der Waals surface area contributed by atoms with Crippen LogP contribution < -0.4 is 5.32 Å². The second-order valence-electron chi connectivity index (χ2n) is 5.71. The predicted molar refractivity (Wildman–Crippen MR) is 80.2 cm³/mol. The van der Waals surface area contributed by atoms with Crippen LogP contribution >= 0.6 is 11.8 Å². The smallest absolute Gasteiger partial charge is 0.0208 e. The van der Waals surface area contributed by atoms with E-state index in [9.17, 15) is 0 Å². The van der Waals surface area contributed by atoms with Crippen molar-refractivity contribution < 1.29 is 0 Å². The molecular weight excluding hydrogens is 238 g/mol. The van der Waals surface area contributed by atoms with Gasteiger partial charge in [-0.25, -0.2) is 0 Å². The largest absolute Gasteiger partial charge is 0.309 e. The zero-order valence-corrected chi connectivity index (χ0v) is 12.0. The van der Waals surface area contributed by atoms with E-state index in [2.05, 4.69) is 35.8 Å². The first-order valence-electron chi connectivity index (χ1n) is 7.22. The van der Waals surface area contributed by atoms with Crippen LogP contribution in [0.3, 0.4) is 0 Å². The Hall–Kier alpha value is -0.470. The molecule has 0 amide bonds. The average Bonchev–Trinajstić information content (AvgIpc) is 3.16. The van der Waals surface area contributed by atoms with Crippen molar-refractivity contribution in [3.63, 3.8) is 0 Å². The number of hydrogen-bond acceptors (Lipinski definition) is 2. The second-order valence-corrected chi connectivity index (χ2v) is 6.79. The van der Waals surface area contributed by atoms with Gasteiger partial charge in [0.05, 0.1) is 0 Å². The van der Waals surface area contributed by atoms with Crippen LogP contribution in [0.1, 0.15) is 49.1 Å². The first-order chi connectivity index (χ1) is 8.86. The van der Waals surface area contributed by atoms with Crippen LogP contribution in [-0.4, -0.2) is 17.5 Å². The van der Waals surface area contributed by atoms with Crippen LogP contribution in [0.5, 0.6) is 0 Å². The van der Waals surface area contributed by atoms with Crippen molar-refractivity contribution in [2.45, 2.75) is 55.9 Å². The fourth-order valence-electron chi connectivity index (χ4n) is 3.06. The monoisotopic (exact) mass is 261 g/mol. The molecule has 1 aromatic rings. The van der Waals surface area contributed by atoms with Gasteiger partial charge in [-0.15, -0.1) is 0 Å². The van der Waals surface area contributed by atoms with E-state index in [0.717, 1.165) is 23.8 Å². The Morgan fingerprint density at radius 1 is 1.22 bits per heavy atom. The molecule has 2 aliphatic rings. The molecule has 2 aliphatic carbocycles. The molecule has 2 unspecified atom stereocenters. The molecule has 0 spiro atoms. The molecule has 1 aromatic carbocycles. The van der Waals surface area contributed by atoms with E-state index < -0.39 is 0 Å². The lowest BCUT2D eigenvalue weighted by atomic mass is 10.1. The molecule has 98 valence electrons. The van der Waals surface area contributed by atoms with E-state index in [1.165, 1.54) is 37.7 Å². The van der Waals surface area contributed by atoms with Crippen LogP contribution in [0.25, 0.3) is 0 Å². The lowest BCUT2D eigenvalue weighted by Gasteiger charge is -2.19. The number of thioether (sulfide) groups is 1. The van der Waals surface area contributed by atoms with Crippen molar-refractivity contribution >= 4 is 11.8 Å². The van der Waals surface area contributed by atoms with E-state index in [1.54, 1.807) is 5.56 Å². The normalized spacial score (nSPS) is 27.6. The first kappa shape index (κ1) is 12.6. The lowest BCUT2D eigenvalue weighted by molar-refractivity contribution is 0.532. The third-order valence-corrected chi connectivity index (χ3v) is 5.49. The van der Waals surface area contributed by atoms with Gasteiger partial charge >= 0.3 is 0 Å². The summed E-state index contributed by atoms with van der Waals surface area (Å²) < 4.78 is 0. The topological polar surface area (TPSA) is 12.0 Å². The highest BCUT2D eigenvalue weighted by Gasteiger charge is 2.26. The van der Waals surface area contributed by atoms with Crippen molar-refractivity contribution in [3.05, 3.63) is 35.4 Å². The number of rotatable bonds is 5. The minimum Gasteiger partial charge on any atom is -0.309 e. The van der Waals surface area contributed by atoms with E-state index in [0.29, 0.717) is 0 Å². The van der Waals surface area contributed by atoms with Gasteiger partial charge in [0.2, 0.25) is 0 Å². The van der Waals surface area contributed by atoms with Crippen LogP contribution in [0.4, 0.5) is 0 Å². The Balaban J connectivity index is 1.57. The van der Waals surface area contributed by atoms with Crippen molar-refractivity contribution in [1.82, 2.24) is 5.32 Å². The standard InChI is InChI=1S/C16H23NS/c1-18-16-7-3-6-15(16)17-11-12-4-2-5-14(10-12)13-8-9-13/h2,4-5,10,13,15-17H,3,6-9,11H2,1H3. The minimum atomic E-state index is 0.726. The molecule has 0 aromatic heterocycles. The summed E-state index contributed by atoms with van der Waals surface area (Å²) in [6.45, 7) is 1.04. The highest BCUT2D eigenvalue weighted by molar-refractivity contribution is 7.99. The molecule has 2 saturated carbocycles. The van der Waals surface area contributed by atoms with Crippen LogP contribution in [0, 0.1) is 0 Å². The quantitative estimate of drug-likeness (QED) is 0.861. The Morgan fingerprint density at radius 2 is 2.11 bits per heavy atom. The van der Waals surface area contributed by atoms with Gasteiger partial charge in [-0.3, -0.25) is 0 Å². The molecular formula is C16H23NS. The van der Waals surface area contributed by atoms with Gasteiger partial charge in [0.25, 0.3) is 0 Å². The minimum absolute atomic E-state index is 0.726.